The quantitative estimate of drug-likeness (QED) is 0.159. The number of aromatic amines is 1. The van der Waals surface area contributed by atoms with Crippen LogP contribution in [0.5, 0.6) is 0 Å². The molecule has 0 spiro atoms. The van der Waals surface area contributed by atoms with Crippen LogP contribution in [-0.2, 0) is 0 Å². The molecule has 0 unspecified atom stereocenters. The number of nitrogens with one attached hydrogen (secondary N) is 1. The van der Waals surface area contributed by atoms with Gasteiger partial charge in [0.25, 0.3) is 0 Å². The molecule has 13 rings (SSSR count). The maximum atomic E-state index is 5.08. The van der Waals surface area contributed by atoms with Gasteiger partial charge in [0.1, 0.15) is 11.5 Å². The highest BCUT2D eigenvalue weighted by Gasteiger charge is 1.91. The van der Waals surface area contributed by atoms with Crippen LogP contribution in [0.1, 0.15) is 142 Å². The first-order valence-corrected chi connectivity index (χ1v) is 36.2. The van der Waals surface area contributed by atoms with Crippen molar-refractivity contribution < 1.29 is 4.42 Å². The molecule has 0 bridgehead atoms. The first-order chi connectivity index (χ1) is 46.2. The number of aryl methyl sites for hydroxylation is 26. The third kappa shape index (κ3) is 49.0. The van der Waals surface area contributed by atoms with Crippen LogP contribution >= 0.6 is 45.3 Å². The van der Waals surface area contributed by atoms with E-state index in [0.29, 0.717) is 0 Å². The van der Waals surface area contributed by atoms with Crippen molar-refractivity contribution >= 4 is 45.3 Å². The Balaban J connectivity index is 0.000000531. The number of hydrogen-bond acceptors (Lipinski definition) is 12. The Morgan fingerprint density at radius 1 is 0.265 bits per heavy atom. The number of thiophene rings is 2. The summed E-state index contributed by atoms with van der Waals surface area (Å²) in [5.41, 5.74) is 21.7. The monoisotopic (exact) mass is 1390 g/mol. The summed E-state index contributed by atoms with van der Waals surface area (Å²) < 4.78 is 5.08. The lowest BCUT2D eigenvalue weighted by Gasteiger charge is -1.90. The molecule has 0 aliphatic rings. The van der Waals surface area contributed by atoms with Crippen molar-refractivity contribution in [2.24, 2.45) is 0 Å². The summed E-state index contributed by atoms with van der Waals surface area (Å²) >= 11 is 7.07. The average molecular weight is 1390 g/mol. The lowest BCUT2D eigenvalue weighted by Crippen LogP contribution is -1.81. The smallest absolute Gasteiger partial charge is 0.101 e. The number of furan rings is 1. The molecule has 0 atom stereocenters. The van der Waals surface area contributed by atoms with Gasteiger partial charge < -0.3 is 4.42 Å². The zero-order valence-electron chi connectivity index (χ0n) is 63.7. The van der Waals surface area contributed by atoms with Gasteiger partial charge in [-0.15, -0.1) is 45.3 Å². The van der Waals surface area contributed by atoms with Crippen LogP contribution in [-0.4, -0.2) is 40.1 Å². The van der Waals surface area contributed by atoms with Gasteiger partial charge in [0.15, 0.2) is 0 Å². The molecule has 522 valence electrons. The maximum Gasteiger partial charge on any atom is 0.101 e. The summed E-state index contributed by atoms with van der Waals surface area (Å²) in [4.78, 5) is 30.1. The van der Waals surface area contributed by atoms with Gasteiger partial charge >= 0.3 is 0 Å². The fourth-order valence-corrected chi connectivity index (χ4v) is 10.3. The fourth-order valence-electron chi connectivity index (χ4n) is 7.57. The molecule has 10 heterocycles. The Morgan fingerprint density at radius 3 is 0.827 bits per heavy atom. The average Bonchev–Trinajstić information content (AvgIpc) is 3.47. The predicted octanol–water partition coefficient (Wildman–Crippen LogP) is 24.9. The van der Waals surface area contributed by atoms with E-state index in [-0.39, 0.29) is 0 Å². The molecule has 0 aliphatic carbocycles. The Labute approximate surface area is 607 Å². The second-order valence-electron chi connectivity index (χ2n) is 24.1. The van der Waals surface area contributed by atoms with E-state index >= 15 is 0 Å². The van der Waals surface area contributed by atoms with E-state index in [4.69, 9.17) is 4.42 Å². The molecule has 0 aliphatic heterocycles. The Bertz CT molecular complexity index is 3260. The minimum absolute atomic E-state index is 0.984. The molecule has 0 saturated carbocycles. The first-order valence-electron chi connectivity index (χ1n) is 32.8. The summed E-state index contributed by atoms with van der Waals surface area (Å²) in [5, 5.41) is 13.2. The molecular formula is C85H112N8OS4. The highest BCUT2D eigenvalue weighted by molar-refractivity contribution is 7.12. The van der Waals surface area contributed by atoms with E-state index in [2.05, 4.69) is 236 Å². The standard InChI is InChI=1S/3C8H10.4C7H9N.C6H8O.2C6H8S.C5H8N2.2C5H7NS/c2*1-7-3-5-8(2)6-4-7;1-7-4-3-5-8(2)6-7;3*1-6-3-4-7(2)8-5-6;1-6-4-3-5-7(2)8-6;1-5-3-4-6(2)7-5;1-5-3-6(2)7-4-5;1-5-3-4-6(2)7-5;1-4-3-5(2)7-6-4;1-4-3-7-5(2)6-4;1-4-3-6-5(2)7-4/h3*3-6H,1-2H3;4*3-5H,1-2H3;3*3-4H,1-2H3;3H,1-2H3,(H,6,7);2*3H,1-2H3. The minimum atomic E-state index is 0.984. The van der Waals surface area contributed by atoms with Crippen LogP contribution in [0.2, 0.25) is 0 Å². The first kappa shape index (κ1) is 87.4. The van der Waals surface area contributed by atoms with Gasteiger partial charge in [-0.1, -0.05) is 130 Å². The summed E-state index contributed by atoms with van der Waals surface area (Å²) in [5.74, 6) is 1.97. The molecule has 3 aromatic carbocycles. The number of H-pyrrole nitrogens is 1. The molecule has 13 heteroatoms. The van der Waals surface area contributed by atoms with Gasteiger partial charge in [-0.25, -0.2) is 9.97 Å². The van der Waals surface area contributed by atoms with Crippen LogP contribution in [0.4, 0.5) is 0 Å². The molecule has 1 N–H and O–H groups in total. The number of hydrogen-bond donors (Lipinski definition) is 1. The van der Waals surface area contributed by atoms with Gasteiger partial charge in [-0.2, -0.15) is 5.10 Å². The fraction of sp³-hybridized carbons (Fsp3) is 0.306. The molecule has 10 aromatic heterocycles. The molecule has 0 saturated heterocycles. The largest absolute Gasteiger partial charge is 0.467 e. The zero-order chi connectivity index (χ0) is 73.5. The highest BCUT2D eigenvalue weighted by Crippen LogP contribution is 2.13. The normalized spacial score (nSPS) is 9.33. The maximum absolute atomic E-state index is 5.08. The van der Waals surface area contributed by atoms with Crippen LogP contribution in [0.15, 0.2) is 204 Å². The van der Waals surface area contributed by atoms with E-state index in [1.54, 1.807) is 34.0 Å². The number of nitrogens with zero attached hydrogens (tertiary/aromatic N) is 7. The minimum Gasteiger partial charge on any atom is -0.467 e. The molecular weight excluding hydrogens is 1280 g/mol. The van der Waals surface area contributed by atoms with Crippen molar-refractivity contribution in [3.63, 3.8) is 0 Å². The summed E-state index contributed by atoms with van der Waals surface area (Å²) in [6.45, 7) is 53.0. The molecule has 0 fully saturated rings. The topological polar surface area (TPSA) is 119 Å². The number of aromatic nitrogens is 8. The SMILES string of the molecule is Cc1cc(C)[nH]n1.Cc1ccc(C)cc1.Cc1ccc(C)cc1.Cc1ccc(C)nc1.Cc1ccc(C)nc1.Cc1ccc(C)nc1.Cc1ccc(C)o1.Cc1ccc(C)s1.Cc1cccc(C)c1.Cc1cccc(C)n1.Cc1cnc(C)s1.Cc1csc(C)c1.Cc1csc(C)n1. The van der Waals surface area contributed by atoms with E-state index < -0.39 is 0 Å². The number of thiazole rings is 2. The molecule has 0 amide bonds. The van der Waals surface area contributed by atoms with Gasteiger partial charge in [0.05, 0.1) is 15.7 Å². The summed E-state index contributed by atoms with van der Waals surface area (Å²) in [6.07, 6.45) is 7.50. The number of pyridine rings is 4. The summed E-state index contributed by atoms with van der Waals surface area (Å²) in [6, 6.07) is 56.0. The van der Waals surface area contributed by atoms with Crippen LogP contribution in [0.3, 0.4) is 0 Å². The van der Waals surface area contributed by atoms with Gasteiger partial charge in [0.2, 0.25) is 0 Å². The van der Waals surface area contributed by atoms with E-state index in [1.165, 1.54) is 75.1 Å². The second-order valence-corrected chi connectivity index (χ2v) is 29.2. The molecule has 0 radical (unpaired) electrons. The highest BCUT2D eigenvalue weighted by atomic mass is 32.1. The van der Waals surface area contributed by atoms with Gasteiger partial charge in [0, 0.05) is 89.5 Å². The van der Waals surface area contributed by atoms with Gasteiger partial charge in [-0.3, -0.25) is 25.0 Å². The van der Waals surface area contributed by atoms with E-state index in [1.807, 2.05) is 195 Å². The summed E-state index contributed by atoms with van der Waals surface area (Å²) in [7, 11) is 0. The lowest BCUT2D eigenvalue weighted by molar-refractivity contribution is 0.504. The molecule has 98 heavy (non-hydrogen) atoms. The van der Waals surface area contributed by atoms with Crippen molar-refractivity contribution in [1.29, 1.82) is 0 Å². The lowest BCUT2D eigenvalue weighted by atomic mass is 10.2. The number of rotatable bonds is 0. The van der Waals surface area contributed by atoms with Gasteiger partial charge in [-0.05, 0) is 274 Å². The van der Waals surface area contributed by atoms with E-state index in [0.717, 1.165) is 67.1 Å². The zero-order valence-corrected chi connectivity index (χ0v) is 67.0. The van der Waals surface area contributed by atoms with Crippen molar-refractivity contribution in [2.45, 2.75) is 180 Å². The second kappa shape index (κ2) is 50.7. The van der Waals surface area contributed by atoms with Crippen molar-refractivity contribution in [2.75, 3.05) is 0 Å². The van der Waals surface area contributed by atoms with E-state index in [9.17, 15) is 0 Å². The van der Waals surface area contributed by atoms with Crippen LogP contribution in [0, 0.1) is 180 Å². The van der Waals surface area contributed by atoms with Crippen LogP contribution in [0.25, 0.3) is 0 Å². The van der Waals surface area contributed by atoms with Crippen molar-refractivity contribution in [1.82, 2.24) is 40.1 Å². The van der Waals surface area contributed by atoms with Crippen molar-refractivity contribution in [3.05, 3.63) is 342 Å². The molecule has 13 aromatic rings. The van der Waals surface area contributed by atoms with Crippen molar-refractivity contribution in [3.8, 4) is 0 Å². The Kier molecular flexibility index (Phi) is 45.2. The molecule has 9 nitrogen and oxygen atoms in total. The predicted molar refractivity (Wildman–Crippen MR) is 430 cm³/mol. The third-order valence-electron chi connectivity index (χ3n) is 12.7. The Hall–Kier alpha value is -8.59. The Morgan fingerprint density at radius 2 is 0.673 bits per heavy atom. The number of benzene rings is 3. The third-order valence-corrected chi connectivity index (χ3v) is 16.3. The van der Waals surface area contributed by atoms with Crippen LogP contribution < -0.4 is 0 Å².